The van der Waals surface area contributed by atoms with Crippen molar-refractivity contribution in [1.82, 2.24) is 0 Å². The third kappa shape index (κ3) is 3.54. The Morgan fingerprint density at radius 3 is 2.70 bits per heavy atom. The molecule has 0 saturated heterocycles. The zero-order valence-corrected chi connectivity index (χ0v) is 12.7. The lowest BCUT2D eigenvalue weighted by molar-refractivity contribution is 0.0697. The first kappa shape index (κ1) is 15.2. The molecule has 0 amide bonds. The van der Waals surface area contributed by atoms with Crippen molar-refractivity contribution < 1.29 is 19.4 Å². The van der Waals surface area contributed by atoms with Crippen molar-refractivity contribution in [2.45, 2.75) is 0 Å². The van der Waals surface area contributed by atoms with Gasteiger partial charge in [0.25, 0.3) is 0 Å². The Bertz CT molecular complexity index is 759. The molecule has 1 aliphatic rings. The fourth-order valence-corrected chi connectivity index (χ4v) is 2.35. The molecule has 0 saturated carbocycles. The van der Waals surface area contributed by atoms with E-state index in [0.717, 1.165) is 5.56 Å². The minimum atomic E-state index is -0.967. The molecule has 2 aromatic rings. The smallest absolute Gasteiger partial charge is 0.335 e. The van der Waals surface area contributed by atoms with Crippen LogP contribution in [-0.2, 0) is 0 Å². The van der Waals surface area contributed by atoms with Gasteiger partial charge in [0.1, 0.15) is 13.2 Å². The molecule has 0 unspecified atom stereocenters. The molecule has 2 N–H and O–H groups in total. The highest BCUT2D eigenvalue weighted by Crippen LogP contribution is 2.37. The molecule has 2 aromatic carbocycles. The number of fused-ring (bicyclic) bond motifs is 1. The normalized spacial score (nSPS) is 13.1. The highest BCUT2D eigenvalue weighted by Gasteiger charge is 2.16. The van der Waals surface area contributed by atoms with E-state index in [1.807, 2.05) is 0 Å². The SMILES string of the molecule is O=C(O)c1ccc(N/N=C\c2cc(Cl)c3c(c2)OCCO3)cc1. The number of aromatic carboxylic acids is 1. The summed E-state index contributed by atoms with van der Waals surface area (Å²) >= 11 is 6.15. The number of halogens is 1. The first-order chi connectivity index (χ1) is 11.1. The third-order valence-corrected chi connectivity index (χ3v) is 3.44. The van der Waals surface area contributed by atoms with Gasteiger partial charge in [0, 0.05) is 0 Å². The summed E-state index contributed by atoms with van der Waals surface area (Å²) in [7, 11) is 0. The maximum atomic E-state index is 10.8. The van der Waals surface area contributed by atoms with Crippen molar-refractivity contribution in [3.8, 4) is 11.5 Å². The van der Waals surface area contributed by atoms with Crippen LogP contribution in [0.3, 0.4) is 0 Å². The molecule has 0 atom stereocenters. The molecule has 1 aliphatic heterocycles. The Kier molecular flexibility index (Phi) is 4.34. The van der Waals surface area contributed by atoms with Crippen LogP contribution in [0.15, 0.2) is 41.5 Å². The Hall–Kier alpha value is -2.73. The lowest BCUT2D eigenvalue weighted by Gasteiger charge is -2.19. The minimum Gasteiger partial charge on any atom is -0.486 e. The third-order valence-electron chi connectivity index (χ3n) is 3.16. The number of hydrazone groups is 1. The summed E-state index contributed by atoms with van der Waals surface area (Å²) in [6.07, 6.45) is 1.59. The molecule has 7 heteroatoms. The summed E-state index contributed by atoms with van der Waals surface area (Å²) in [4.78, 5) is 10.8. The van der Waals surface area contributed by atoms with E-state index in [1.54, 1.807) is 30.5 Å². The van der Waals surface area contributed by atoms with Gasteiger partial charge in [0.2, 0.25) is 0 Å². The summed E-state index contributed by atoms with van der Waals surface area (Å²) in [5.41, 5.74) is 4.47. The number of ether oxygens (including phenoxy) is 2. The average Bonchev–Trinajstić information content (AvgIpc) is 2.55. The Balaban J connectivity index is 1.70. The molecule has 0 aromatic heterocycles. The van der Waals surface area contributed by atoms with Gasteiger partial charge in [-0.2, -0.15) is 5.10 Å². The molecule has 1 heterocycles. The van der Waals surface area contributed by atoms with Crippen LogP contribution in [-0.4, -0.2) is 30.5 Å². The summed E-state index contributed by atoms with van der Waals surface area (Å²) in [5.74, 6) is 0.175. The maximum Gasteiger partial charge on any atom is 0.335 e. The van der Waals surface area contributed by atoms with E-state index in [9.17, 15) is 4.79 Å². The summed E-state index contributed by atoms with van der Waals surface area (Å²) in [6, 6.07) is 9.80. The van der Waals surface area contributed by atoms with Gasteiger partial charge in [0.05, 0.1) is 22.5 Å². The number of nitrogens with one attached hydrogen (secondary N) is 1. The highest BCUT2D eigenvalue weighted by molar-refractivity contribution is 6.32. The summed E-state index contributed by atoms with van der Waals surface area (Å²) in [5, 5.41) is 13.4. The van der Waals surface area contributed by atoms with E-state index < -0.39 is 5.97 Å². The number of carboxylic acid groups (broad SMARTS) is 1. The number of nitrogens with zero attached hydrogens (tertiary/aromatic N) is 1. The minimum absolute atomic E-state index is 0.221. The van der Waals surface area contributed by atoms with Crippen LogP contribution in [0.5, 0.6) is 11.5 Å². The molecular weight excluding hydrogens is 320 g/mol. The van der Waals surface area contributed by atoms with Gasteiger partial charge in [-0.1, -0.05) is 11.6 Å². The molecule has 3 rings (SSSR count). The Labute approximate surface area is 137 Å². The maximum absolute atomic E-state index is 10.8. The van der Waals surface area contributed by atoms with Crippen LogP contribution < -0.4 is 14.9 Å². The molecule has 0 spiro atoms. The number of carbonyl (C=O) groups is 1. The predicted octanol–water partition coefficient (Wildman–Crippen LogP) is 3.26. The highest BCUT2D eigenvalue weighted by atomic mass is 35.5. The van der Waals surface area contributed by atoms with Gasteiger partial charge in [-0.15, -0.1) is 0 Å². The van der Waals surface area contributed by atoms with Crippen LogP contribution in [0.1, 0.15) is 15.9 Å². The van der Waals surface area contributed by atoms with E-state index in [-0.39, 0.29) is 5.56 Å². The Morgan fingerprint density at radius 2 is 1.96 bits per heavy atom. The fourth-order valence-electron chi connectivity index (χ4n) is 2.07. The van der Waals surface area contributed by atoms with Crippen LogP contribution in [0.2, 0.25) is 5.02 Å². The van der Waals surface area contributed by atoms with Gasteiger partial charge in [-0.25, -0.2) is 4.79 Å². The number of rotatable bonds is 4. The van der Waals surface area contributed by atoms with E-state index >= 15 is 0 Å². The molecule has 23 heavy (non-hydrogen) atoms. The number of hydrogen-bond donors (Lipinski definition) is 2. The zero-order chi connectivity index (χ0) is 16.2. The van der Waals surface area contributed by atoms with Crippen molar-refractivity contribution in [2.75, 3.05) is 18.6 Å². The van der Waals surface area contributed by atoms with Crippen molar-refractivity contribution >= 4 is 29.5 Å². The summed E-state index contributed by atoms with van der Waals surface area (Å²) in [6.45, 7) is 0.964. The topological polar surface area (TPSA) is 80.2 Å². The predicted molar refractivity (Wildman–Crippen MR) is 87.1 cm³/mol. The molecule has 118 valence electrons. The zero-order valence-electron chi connectivity index (χ0n) is 12.0. The fraction of sp³-hybridized carbons (Fsp3) is 0.125. The van der Waals surface area contributed by atoms with Crippen LogP contribution in [0.25, 0.3) is 0 Å². The van der Waals surface area contributed by atoms with Crippen LogP contribution in [0.4, 0.5) is 5.69 Å². The van der Waals surface area contributed by atoms with Crippen molar-refractivity contribution in [2.24, 2.45) is 5.10 Å². The van der Waals surface area contributed by atoms with Crippen LogP contribution in [0, 0.1) is 0 Å². The van der Waals surface area contributed by atoms with E-state index in [1.165, 1.54) is 12.1 Å². The first-order valence-corrected chi connectivity index (χ1v) is 7.23. The number of carboxylic acids is 1. The second-order valence-corrected chi connectivity index (χ2v) is 5.19. The lowest BCUT2D eigenvalue weighted by Crippen LogP contribution is -2.15. The number of anilines is 1. The number of benzene rings is 2. The second-order valence-electron chi connectivity index (χ2n) is 4.78. The van der Waals surface area contributed by atoms with Crippen molar-refractivity contribution in [3.05, 3.63) is 52.5 Å². The lowest BCUT2D eigenvalue weighted by atomic mass is 10.2. The van der Waals surface area contributed by atoms with Gasteiger partial charge < -0.3 is 14.6 Å². The van der Waals surface area contributed by atoms with Crippen molar-refractivity contribution in [3.63, 3.8) is 0 Å². The Morgan fingerprint density at radius 1 is 1.22 bits per heavy atom. The molecule has 0 bridgehead atoms. The quantitative estimate of drug-likeness (QED) is 0.663. The van der Waals surface area contributed by atoms with Gasteiger partial charge in [-0.05, 0) is 42.0 Å². The second kappa shape index (κ2) is 6.58. The molecular formula is C16H13ClN2O4. The van der Waals surface area contributed by atoms with Gasteiger partial charge in [-0.3, -0.25) is 5.43 Å². The molecule has 6 nitrogen and oxygen atoms in total. The molecule has 0 fully saturated rings. The van der Waals surface area contributed by atoms with Gasteiger partial charge in [0.15, 0.2) is 11.5 Å². The number of hydrogen-bond acceptors (Lipinski definition) is 5. The van der Waals surface area contributed by atoms with Crippen molar-refractivity contribution in [1.29, 1.82) is 0 Å². The molecule has 0 radical (unpaired) electrons. The van der Waals surface area contributed by atoms with E-state index in [4.69, 9.17) is 26.2 Å². The van der Waals surface area contributed by atoms with Crippen LogP contribution >= 0.6 is 11.6 Å². The monoisotopic (exact) mass is 332 g/mol. The summed E-state index contributed by atoms with van der Waals surface area (Å²) < 4.78 is 10.9. The first-order valence-electron chi connectivity index (χ1n) is 6.85. The van der Waals surface area contributed by atoms with E-state index in [0.29, 0.717) is 35.4 Å². The van der Waals surface area contributed by atoms with Gasteiger partial charge >= 0.3 is 5.97 Å². The van der Waals surface area contributed by atoms with E-state index in [2.05, 4.69) is 10.5 Å². The molecule has 0 aliphatic carbocycles. The standard InChI is InChI=1S/C16H13ClN2O4/c17-13-7-10(8-14-15(13)23-6-5-22-14)9-18-19-12-3-1-11(2-4-12)16(20)21/h1-4,7-9,19H,5-6H2,(H,20,21)/b18-9-. The largest absolute Gasteiger partial charge is 0.486 e. The average molecular weight is 333 g/mol.